The summed E-state index contributed by atoms with van der Waals surface area (Å²) in [5.74, 6) is -0.127. The molecule has 0 saturated heterocycles. The van der Waals surface area contributed by atoms with Crippen molar-refractivity contribution in [2.45, 2.75) is 0 Å². The first-order chi connectivity index (χ1) is 11.1. The van der Waals surface area contributed by atoms with E-state index in [9.17, 15) is 9.59 Å². The van der Waals surface area contributed by atoms with Crippen LogP contribution < -0.4 is 15.6 Å². The molecule has 0 bridgehead atoms. The summed E-state index contributed by atoms with van der Waals surface area (Å²) in [5, 5.41) is 0. The number of benzene rings is 2. The Morgan fingerprint density at radius 2 is 1.70 bits per heavy atom. The molecule has 2 aromatic rings. The SMILES string of the molecule is C=CCOc1ccc(C(=O)NNC(=O)c2ccccc2I)cc1. The summed E-state index contributed by atoms with van der Waals surface area (Å²) in [5.41, 5.74) is 5.70. The standard InChI is InChI=1S/C17H15IN2O3/c1-2-11-23-13-9-7-12(8-10-13)16(21)19-20-17(22)14-5-3-4-6-15(14)18/h2-10H,1,11H2,(H,19,21)(H,20,22). The van der Waals surface area contributed by atoms with Crippen LogP contribution in [0.25, 0.3) is 0 Å². The van der Waals surface area contributed by atoms with E-state index < -0.39 is 5.91 Å². The molecule has 6 heteroatoms. The molecule has 0 aliphatic rings. The summed E-state index contributed by atoms with van der Waals surface area (Å²) in [6.45, 7) is 3.96. The van der Waals surface area contributed by atoms with Gasteiger partial charge >= 0.3 is 0 Å². The second-order valence-electron chi connectivity index (χ2n) is 4.51. The monoisotopic (exact) mass is 422 g/mol. The molecule has 0 radical (unpaired) electrons. The molecule has 0 aliphatic carbocycles. The van der Waals surface area contributed by atoms with Crippen LogP contribution in [0, 0.1) is 3.57 Å². The summed E-state index contributed by atoms with van der Waals surface area (Å²) in [7, 11) is 0. The Balaban J connectivity index is 1.93. The molecule has 0 saturated carbocycles. The van der Waals surface area contributed by atoms with E-state index in [1.807, 2.05) is 12.1 Å². The van der Waals surface area contributed by atoms with Gasteiger partial charge < -0.3 is 4.74 Å². The summed E-state index contributed by atoms with van der Waals surface area (Å²) < 4.78 is 6.14. The smallest absolute Gasteiger partial charge is 0.270 e. The van der Waals surface area contributed by atoms with Crippen molar-refractivity contribution >= 4 is 34.4 Å². The van der Waals surface area contributed by atoms with E-state index >= 15 is 0 Å². The number of hydrogen-bond acceptors (Lipinski definition) is 3. The van der Waals surface area contributed by atoms with Crippen LogP contribution in [0.15, 0.2) is 61.2 Å². The van der Waals surface area contributed by atoms with Crippen LogP contribution in [-0.2, 0) is 0 Å². The number of halogens is 1. The fraction of sp³-hybridized carbons (Fsp3) is 0.0588. The van der Waals surface area contributed by atoms with Crippen molar-refractivity contribution < 1.29 is 14.3 Å². The quantitative estimate of drug-likeness (QED) is 0.443. The minimum absolute atomic E-state index is 0.366. The van der Waals surface area contributed by atoms with Gasteiger partial charge in [-0.05, 0) is 59.0 Å². The second kappa shape index (κ2) is 8.33. The second-order valence-corrected chi connectivity index (χ2v) is 5.67. The average molecular weight is 422 g/mol. The highest BCUT2D eigenvalue weighted by atomic mass is 127. The number of amides is 2. The zero-order valence-electron chi connectivity index (χ0n) is 12.2. The molecular weight excluding hydrogens is 407 g/mol. The van der Waals surface area contributed by atoms with E-state index in [4.69, 9.17) is 4.74 Å². The predicted octanol–water partition coefficient (Wildman–Crippen LogP) is 2.93. The third-order valence-corrected chi connectivity index (χ3v) is 3.83. The summed E-state index contributed by atoms with van der Waals surface area (Å²) in [6.07, 6.45) is 1.64. The van der Waals surface area contributed by atoms with Crippen LogP contribution in [-0.4, -0.2) is 18.4 Å². The fourth-order valence-electron chi connectivity index (χ4n) is 1.76. The van der Waals surface area contributed by atoms with Crippen LogP contribution in [0.1, 0.15) is 20.7 Å². The van der Waals surface area contributed by atoms with E-state index in [1.165, 1.54) is 0 Å². The molecule has 5 nitrogen and oxygen atoms in total. The first-order valence-corrected chi connectivity index (χ1v) is 7.88. The zero-order valence-corrected chi connectivity index (χ0v) is 14.4. The van der Waals surface area contributed by atoms with Gasteiger partial charge in [0.25, 0.3) is 11.8 Å². The van der Waals surface area contributed by atoms with E-state index in [2.05, 4.69) is 40.0 Å². The van der Waals surface area contributed by atoms with Crippen molar-refractivity contribution in [3.05, 3.63) is 75.9 Å². The number of hydrogen-bond donors (Lipinski definition) is 2. The molecule has 118 valence electrons. The highest BCUT2D eigenvalue weighted by Gasteiger charge is 2.11. The predicted molar refractivity (Wildman–Crippen MR) is 96.2 cm³/mol. The van der Waals surface area contributed by atoms with Crippen LogP contribution in [0.4, 0.5) is 0 Å². The molecule has 0 heterocycles. The Labute approximate surface area is 147 Å². The molecule has 0 aromatic heterocycles. The maximum Gasteiger partial charge on any atom is 0.270 e. The van der Waals surface area contributed by atoms with Crippen molar-refractivity contribution in [3.8, 4) is 5.75 Å². The molecular formula is C17H15IN2O3. The number of hydrazine groups is 1. The Kier molecular flexibility index (Phi) is 6.16. The molecule has 2 N–H and O–H groups in total. The maximum atomic E-state index is 12.0. The highest BCUT2D eigenvalue weighted by Crippen LogP contribution is 2.12. The first-order valence-electron chi connectivity index (χ1n) is 6.81. The average Bonchev–Trinajstić information content (AvgIpc) is 2.58. The summed E-state index contributed by atoms with van der Waals surface area (Å²) in [4.78, 5) is 24.0. The van der Waals surface area contributed by atoms with Gasteiger partial charge in [-0.1, -0.05) is 24.8 Å². The van der Waals surface area contributed by atoms with Crippen LogP contribution in [0.2, 0.25) is 0 Å². The number of rotatable bonds is 5. The van der Waals surface area contributed by atoms with Crippen molar-refractivity contribution in [3.63, 3.8) is 0 Å². The van der Waals surface area contributed by atoms with Gasteiger partial charge in [0.05, 0.1) is 5.56 Å². The van der Waals surface area contributed by atoms with Gasteiger partial charge in [-0.25, -0.2) is 0 Å². The molecule has 2 amide bonds. The van der Waals surface area contributed by atoms with E-state index in [0.29, 0.717) is 23.5 Å². The topological polar surface area (TPSA) is 67.4 Å². The zero-order chi connectivity index (χ0) is 16.7. The lowest BCUT2D eigenvalue weighted by atomic mass is 10.2. The Morgan fingerprint density at radius 3 is 2.35 bits per heavy atom. The van der Waals surface area contributed by atoms with Crippen LogP contribution in [0.3, 0.4) is 0 Å². The third kappa shape index (κ3) is 4.82. The van der Waals surface area contributed by atoms with Crippen molar-refractivity contribution in [2.75, 3.05) is 6.61 Å². The number of carbonyl (C=O) groups excluding carboxylic acids is 2. The van der Waals surface area contributed by atoms with Gasteiger partial charge in [0.2, 0.25) is 0 Å². The minimum Gasteiger partial charge on any atom is -0.490 e. The van der Waals surface area contributed by atoms with Gasteiger partial charge in [-0.2, -0.15) is 0 Å². The minimum atomic E-state index is -0.403. The molecule has 0 unspecified atom stereocenters. The summed E-state index contributed by atoms with van der Waals surface area (Å²) in [6, 6.07) is 13.7. The van der Waals surface area contributed by atoms with E-state index in [1.54, 1.807) is 42.5 Å². The molecule has 23 heavy (non-hydrogen) atoms. The van der Waals surface area contributed by atoms with Crippen LogP contribution in [0.5, 0.6) is 5.75 Å². The number of ether oxygens (including phenoxy) is 1. The summed E-state index contributed by atoms with van der Waals surface area (Å²) >= 11 is 2.06. The van der Waals surface area contributed by atoms with Gasteiger partial charge in [0.1, 0.15) is 12.4 Å². The fourth-order valence-corrected chi connectivity index (χ4v) is 2.39. The number of carbonyl (C=O) groups is 2. The lowest BCUT2D eigenvalue weighted by Gasteiger charge is -2.09. The van der Waals surface area contributed by atoms with Crippen molar-refractivity contribution in [1.29, 1.82) is 0 Å². The molecule has 0 atom stereocenters. The Bertz CT molecular complexity index is 714. The molecule has 0 spiro atoms. The number of nitrogens with one attached hydrogen (secondary N) is 2. The lowest BCUT2D eigenvalue weighted by molar-refractivity contribution is 0.0846. The Morgan fingerprint density at radius 1 is 1.04 bits per heavy atom. The van der Waals surface area contributed by atoms with Crippen molar-refractivity contribution in [1.82, 2.24) is 10.9 Å². The first kappa shape index (κ1) is 17.0. The normalized spacial score (nSPS) is 9.78. The van der Waals surface area contributed by atoms with E-state index in [-0.39, 0.29) is 5.91 Å². The van der Waals surface area contributed by atoms with E-state index in [0.717, 1.165) is 3.57 Å². The largest absolute Gasteiger partial charge is 0.490 e. The lowest BCUT2D eigenvalue weighted by Crippen LogP contribution is -2.41. The molecule has 0 fully saturated rings. The van der Waals surface area contributed by atoms with Crippen molar-refractivity contribution in [2.24, 2.45) is 0 Å². The van der Waals surface area contributed by atoms with Gasteiger partial charge in [0, 0.05) is 9.13 Å². The molecule has 2 rings (SSSR count). The molecule has 0 aliphatic heterocycles. The van der Waals surface area contributed by atoms with Gasteiger partial charge in [-0.15, -0.1) is 0 Å². The maximum absolute atomic E-state index is 12.0. The molecule has 2 aromatic carbocycles. The Hall–Kier alpha value is -2.35. The highest BCUT2D eigenvalue weighted by molar-refractivity contribution is 14.1. The van der Waals surface area contributed by atoms with Gasteiger partial charge in [-0.3, -0.25) is 20.4 Å². The third-order valence-electron chi connectivity index (χ3n) is 2.89. The van der Waals surface area contributed by atoms with Gasteiger partial charge in [0.15, 0.2) is 0 Å². The van der Waals surface area contributed by atoms with Crippen LogP contribution >= 0.6 is 22.6 Å².